The average molecular weight is 177 g/mol. The van der Waals surface area contributed by atoms with Crippen LogP contribution in [-0.2, 0) is 0 Å². The van der Waals surface area contributed by atoms with Gasteiger partial charge in [-0.2, -0.15) is 0 Å². The van der Waals surface area contributed by atoms with Crippen LogP contribution in [0.5, 0.6) is 0 Å². The minimum absolute atomic E-state index is 0.268. The van der Waals surface area contributed by atoms with Crippen molar-refractivity contribution in [1.29, 1.82) is 0 Å². The fourth-order valence-corrected chi connectivity index (χ4v) is 1.76. The number of thioether (sulfide) groups is 1. The normalized spacial score (nSPS) is 11.5. The number of nitrogens with two attached hydrogens (primary N) is 1. The lowest BCUT2D eigenvalue weighted by molar-refractivity contribution is 1.01. The summed E-state index contributed by atoms with van der Waals surface area (Å²) in [4.78, 5) is 1.05. The van der Waals surface area contributed by atoms with Crippen molar-refractivity contribution in [2.45, 2.75) is 23.4 Å². The molecule has 1 rings (SSSR count). The van der Waals surface area contributed by atoms with Gasteiger partial charge in [0.2, 0.25) is 0 Å². The molecule has 2 radical (unpaired) electrons. The van der Waals surface area contributed by atoms with Crippen LogP contribution in [-0.4, -0.2) is 12.5 Å². The first-order valence-electron chi connectivity index (χ1n) is 3.81. The first-order chi connectivity index (χ1) is 5.49. The number of benzene rings is 1. The molecule has 0 aromatic heterocycles. The number of hydrogen-bond acceptors (Lipinski definition) is 2. The average Bonchev–Trinajstić information content (AvgIpc) is 1.91. The maximum Gasteiger partial charge on any atom is 0.0890 e. The summed E-state index contributed by atoms with van der Waals surface area (Å²) >= 11 is 1.58. The van der Waals surface area contributed by atoms with Gasteiger partial charge in [-0.15, -0.1) is 11.8 Å². The summed E-state index contributed by atoms with van der Waals surface area (Å²) in [5.41, 5.74) is 6.54. The Morgan fingerprint density at radius 3 is 2.42 bits per heavy atom. The van der Waals surface area contributed by atoms with Crippen molar-refractivity contribution in [2.24, 2.45) is 0 Å². The number of para-hydroxylation sites is 1. The molecule has 1 aromatic rings. The molecule has 12 heavy (non-hydrogen) atoms. The number of nitrogen functional groups attached to an aromatic ring is 1. The Balaban J connectivity index is 2.83. The maximum absolute atomic E-state index is 5.84. The highest BCUT2D eigenvalue weighted by Gasteiger charge is 2.12. The molecule has 0 fully saturated rings. The summed E-state index contributed by atoms with van der Waals surface area (Å²) in [5.74, 6) is 0. The van der Waals surface area contributed by atoms with Gasteiger partial charge >= 0.3 is 0 Å². The Bertz CT molecular complexity index is 267. The highest BCUT2D eigenvalue weighted by molar-refractivity contribution is 8.01. The second-order valence-corrected chi connectivity index (χ2v) is 4.94. The molecule has 2 N–H and O–H groups in total. The molecule has 0 aliphatic carbocycles. The van der Waals surface area contributed by atoms with E-state index in [1.165, 1.54) is 0 Å². The molecule has 0 saturated heterocycles. The van der Waals surface area contributed by atoms with E-state index in [9.17, 15) is 0 Å². The predicted molar refractivity (Wildman–Crippen MR) is 56.5 cm³/mol. The summed E-state index contributed by atoms with van der Waals surface area (Å²) in [6.07, 6.45) is 0. The van der Waals surface area contributed by atoms with E-state index in [2.05, 4.69) is 0 Å². The largest absolute Gasteiger partial charge is 0.398 e. The zero-order valence-corrected chi connectivity index (χ0v) is 8.19. The first kappa shape index (κ1) is 9.52. The van der Waals surface area contributed by atoms with E-state index in [4.69, 9.17) is 13.6 Å². The van der Waals surface area contributed by atoms with Crippen molar-refractivity contribution in [3.63, 3.8) is 0 Å². The van der Waals surface area contributed by atoms with Crippen LogP contribution in [0.3, 0.4) is 0 Å². The monoisotopic (exact) mass is 177 g/mol. The third-order valence-electron chi connectivity index (χ3n) is 1.29. The summed E-state index contributed by atoms with van der Waals surface area (Å²) in [5, 5.41) is 0. The summed E-state index contributed by atoms with van der Waals surface area (Å²) in [6, 6.07) is 7.75. The topological polar surface area (TPSA) is 26.0 Å². The highest BCUT2D eigenvalue weighted by Crippen LogP contribution is 2.33. The van der Waals surface area contributed by atoms with E-state index in [0.29, 0.717) is 0 Å². The van der Waals surface area contributed by atoms with Crippen molar-refractivity contribution in [3.05, 3.63) is 24.3 Å². The third-order valence-corrected chi connectivity index (χ3v) is 2.41. The van der Waals surface area contributed by atoms with Gasteiger partial charge in [-0.05, 0) is 16.8 Å². The number of anilines is 1. The second kappa shape index (κ2) is 3.44. The molecular weight excluding hydrogens is 165 g/mol. The van der Waals surface area contributed by atoms with Crippen molar-refractivity contribution in [1.82, 2.24) is 0 Å². The van der Waals surface area contributed by atoms with Gasteiger partial charge in [0, 0.05) is 10.6 Å². The molecule has 62 valence electrons. The zero-order chi connectivity index (χ0) is 9.19. The van der Waals surface area contributed by atoms with E-state index < -0.39 is 0 Å². The molecule has 0 aliphatic rings. The fourth-order valence-electron chi connectivity index (χ4n) is 0.857. The lowest BCUT2D eigenvalue weighted by Crippen LogP contribution is -2.13. The molecule has 0 atom stereocenters. The van der Waals surface area contributed by atoms with E-state index >= 15 is 0 Å². The van der Waals surface area contributed by atoms with Gasteiger partial charge in [-0.3, -0.25) is 0 Å². The molecular formula is C9H12BNS. The fraction of sp³-hybridized carbons (Fsp3) is 0.333. The molecule has 0 saturated carbocycles. The van der Waals surface area contributed by atoms with Crippen molar-refractivity contribution in [3.8, 4) is 0 Å². The van der Waals surface area contributed by atoms with Crippen LogP contribution in [0.25, 0.3) is 0 Å². The number of rotatable bonds is 2. The molecule has 1 aromatic carbocycles. The zero-order valence-electron chi connectivity index (χ0n) is 7.37. The Morgan fingerprint density at radius 1 is 1.33 bits per heavy atom. The van der Waals surface area contributed by atoms with Gasteiger partial charge in [0.1, 0.15) is 0 Å². The van der Waals surface area contributed by atoms with Crippen molar-refractivity contribution < 1.29 is 0 Å². The van der Waals surface area contributed by atoms with Crippen molar-refractivity contribution >= 4 is 25.3 Å². The van der Waals surface area contributed by atoms with Gasteiger partial charge in [0.25, 0.3) is 0 Å². The van der Waals surface area contributed by atoms with E-state index in [1.54, 1.807) is 11.8 Å². The second-order valence-electron chi connectivity index (χ2n) is 3.24. The summed E-state index contributed by atoms with van der Waals surface area (Å²) < 4.78 is -0.268. The SMILES string of the molecule is [B]C(C)(C)Sc1ccccc1N. The van der Waals surface area contributed by atoms with Crippen LogP contribution < -0.4 is 5.73 Å². The van der Waals surface area contributed by atoms with Crippen LogP contribution in [0.2, 0.25) is 0 Å². The Kier molecular flexibility index (Phi) is 2.73. The Hall–Kier alpha value is -0.565. The Labute approximate surface area is 79.1 Å². The Morgan fingerprint density at radius 2 is 1.92 bits per heavy atom. The minimum atomic E-state index is -0.268. The molecule has 0 unspecified atom stereocenters. The molecule has 0 bridgehead atoms. The summed E-state index contributed by atoms with van der Waals surface area (Å²) in [7, 11) is 5.84. The molecule has 0 spiro atoms. The minimum Gasteiger partial charge on any atom is -0.398 e. The van der Waals surface area contributed by atoms with Crippen LogP contribution in [0.4, 0.5) is 5.69 Å². The van der Waals surface area contributed by atoms with E-state index in [0.717, 1.165) is 10.6 Å². The number of hydrogen-bond donors (Lipinski definition) is 1. The van der Waals surface area contributed by atoms with Crippen LogP contribution in [0.15, 0.2) is 29.2 Å². The van der Waals surface area contributed by atoms with Gasteiger partial charge < -0.3 is 5.73 Å². The van der Waals surface area contributed by atoms with Gasteiger partial charge in [0.05, 0.1) is 7.85 Å². The molecule has 3 heteroatoms. The highest BCUT2D eigenvalue weighted by atomic mass is 32.2. The lowest BCUT2D eigenvalue weighted by atomic mass is 9.91. The quantitative estimate of drug-likeness (QED) is 0.426. The van der Waals surface area contributed by atoms with Crippen LogP contribution >= 0.6 is 11.8 Å². The third kappa shape index (κ3) is 2.82. The van der Waals surface area contributed by atoms with E-state index in [1.807, 2.05) is 38.1 Å². The standard InChI is InChI=1S/C9H12BNS/c1-9(2,10)12-8-6-4-3-5-7(8)11/h3-6H,11H2,1-2H3. The van der Waals surface area contributed by atoms with Crippen LogP contribution in [0.1, 0.15) is 13.8 Å². The molecule has 1 nitrogen and oxygen atoms in total. The van der Waals surface area contributed by atoms with Gasteiger partial charge in [-0.1, -0.05) is 26.0 Å². The van der Waals surface area contributed by atoms with E-state index in [-0.39, 0.29) is 4.65 Å². The maximum atomic E-state index is 5.84. The predicted octanol–water partition coefficient (Wildman–Crippen LogP) is 2.27. The molecule has 0 aliphatic heterocycles. The van der Waals surface area contributed by atoms with Crippen LogP contribution in [0, 0.1) is 0 Å². The van der Waals surface area contributed by atoms with Gasteiger partial charge in [0.15, 0.2) is 0 Å². The van der Waals surface area contributed by atoms with Crippen molar-refractivity contribution in [2.75, 3.05) is 5.73 Å². The first-order valence-corrected chi connectivity index (χ1v) is 4.63. The molecule has 0 amide bonds. The molecule has 0 heterocycles. The lowest BCUT2D eigenvalue weighted by Gasteiger charge is -2.18. The smallest absolute Gasteiger partial charge is 0.0890 e. The summed E-state index contributed by atoms with van der Waals surface area (Å²) in [6.45, 7) is 3.92. The van der Waals surface area contributed by atoms with Gasteiger partial charge in [-0.25, -0.2) is 0 Å².